The predicted molar refractivity (Wildman–Crippen MR) is 217 cm³/mol. The third-order valence-corrected chi connectivity index (χ3v) is 10.4. The zero-order valence-corrected chi connectivity index (χ0v) is 28.3. The lowest BCUT2D eigenvalue weighted by Gasteiger charge is -2.12. The highest BCUT2D eigenvalue weighted by Crippen LogP contribution is 2.43. The molecule has 0 saturated carbocycles. The maximum Gasteiger partial charge on any atom is 0.164 e. The monoisotopic (exact) mass is 673 g/mol. The summed E-state index contributed by atoms with van der Waals surface area (Å²) in [6, 6.07) is 63.2. The van der Waals surface area contributed by atoms with Crippen molar-refractivity contribution in [3.63, 3.8) is 0 Å². The Kier molecular flexibility index (Phi) is 6.43. The van der Waals surface area contributed by atoms with E-state index < -0.39 is 0 Å². The minimum Gasteiger partial charge on any atom is -0.455 e. The molecule has 4 nitrogen and oxygen atoms in total. The minimum absolute atomic E-state index is 0.580. The maximum atomic E-state index is 6.82. The summed E-state index contributed by atoms with van der Waals surface area (Å²) in [5.74, 6) is 1.78. The van der Waals surface area contributed by atoms with E-state index in [9.17, 15) is 0 Å². The van der Waals surface area contributed by atoms with Gasteiger partial charge in [0.25, 0.3) is 0 Å². The van der Waals surface area contributed by atoms with Crippen molar-refractivity contribution in [2.45, 2.75) is 0 Å². The van der Waals surface area contributed by atoms with E-state index in [2.05, 4.69) is 127 Å². The van der Waals surface area contributed by atoms with Gasteiger partial charge in [0.05, 0.1) is 0 Å². The Morgan fingerprint density at radius 2 is 1.04 bits per heavy atom. The van der Waals surface area contributed by atoms with Gasteiger partial charge in [-0.1, -0.05) is 146 Å². The molecular weight excluding hydrogens is 647 g/mol. The van der Waals surface area contributed by atoms with Gasteiger partial charge < -0.3 is 4.42 Å². The molecule has 0 unspecified atom stereocenters. The molecule has 0 saturated heterocycles. The highest BCUT2D eigenvalue weighted by atomic mass is 16.3. The van der Waals surface area contributed by atoms with Crippen LogP contribution < -0.4 is 0 Å². The first-order chi connectivity index (χ1) is 26.3. The lowest BCUT2D eigenvalue weighted by molar-refractivity contribution is 0.670. The molecule has 53 heavy (non-hydrogen) atoms. The molecule has 0 N–H and O–H groups in total. The molecule has 0 spiro atoms. The van der Waals surface area contributed by atoms with Crippen molar-refractivity contribution in [3.05, 3.63) is 176 Å². The highest BCUT2D eigenvalue weighted by molar-refractivity contribution is 6.19. The van der Waals surface area contributed by atoms with E-state index in [0.717, 1.165) is 71.3 Å². The van der Waals surface area contributed by atoms with Crippen molar-refractivity contribution in [3.8, 4) is 45.3 Å². The summed E-state index contributed by atoms with van der Waals surface area (Å²) >= 11 is 0. The van der Waals surface area contributed by atoms with E-state index in [4.69, 9.17) is 19.4 Å². The van der Waals surface area contributed by atoms with E-state index in [-0.39, 0.29) is 0 Å². The van der Waals surface area contributed by atoms with Crippen LogP contribution in [0.2, 0.25) is 0 Å². The van der Waals surface area contributed by atoms with Gasteiger partial charge in [0.1, 0.15) is 11.2 Å². The van der Waals surface area contributed by atoms with Crippen molar-refractivity contribution >= 4 is 65.0 Å². The predicted octanol–water partition coefficient (Wildman–Crippen LogP) is 12.7. The molecule has 0 aliphatic rings. The van der Waals surface area contributed by atoms with Crippen LogP contribution >= 0.6 is 0 Å². The normalized spacial score (nSPS) is 11.6. The summed E-state index contributed by atoms with van der Waals surface area (Å²) in [5, 5.41) is 11.0. The average molecular weight is 674 g/mol. The van der Waals surface area contributed by atoms with Crippen LogP contribution in [0.3, 0.4) is 0 Å². The van der Waals surface area contributed by atoms with Gasteiger partial charge in [-0.25, -0.2) is 15.0 Å². The van der Waals surface area contributed by atoms with Crippen LogP contribution in [-0.4, -0.2) is 15.0 Å². The Hall–Kier alpha value is -7.35. The summed E-state index contributed by atoms with van der Waals surface area (Å²) in [4.78, 5) is 15.5. The number of furan rings is 1. The first-order valence-electron chi connectivity index (χ1n) is 17.7. The quantitative estimate of drug-likeness (QED) is 0.175. The van der Waals surface area contributed by atoms with Crippen molar-refractivity contribution in [2.75, 3.05) is 0 Å². The molecule has 11 aromatic rings. The standard InChI is InChI=1S/C49H27N3O/c1-2-14-30(15-3-1)47-50-48(52-49(51-47)43-29-32-17-5-7-19-34(32)36-21-9-11-23-38(36)43)41-26-13-27-44-45(41)40-25-12-24-39(46(40)53-44)42-28-31-16-4-6-18-33(31)35-20-8-10-22-37(35)42/h1-8,10-20,22-29H. The fourth-order valence-electron chi connectivity index (χ4n) is 7.95. The topological polar surface area (TPSA) is 51.8 Å². The Morgan fingerprint density at radius 3 is 1.89 bits per heavy atom. The molecular formula is C49H27N3O. The molecule has 9 aromatic carbocycles. The van der Waals surface area contributed by atoms with Crippen LogP contribution in [-0.2, 0) is 0 Å². The summed E-state index contributed by atoms with van der Waals surface area (Å²) in [7, 11) is 0. The fourth-order valence-corrected chi connectivity index (χ4v) is 7.95. The van der Waals surface area contributed by atoms with E-state index in [1.54, 1.807) is 0 Å². The van der Waals surface area contributed by atoms with Crippen LogP contribution in [0.5, 0.6) is 0 Å². The molecule has 0 atom stereocenters. The largest absolute Gasteiger partial charge is 0.455 e. The number of hydrogen-bond acceptors (Lipinski definition) is 4. The molecule has 0 radical (unpaired) electrons. The summed E-state index contributed by atoms with van der Waals surface area (Å²) < 4.78 is 6.82. The second-order valence-corrected chi connectivity index (χ2v) is 13.4. The Bertz CT molecular complexity index is 3240. The number of fused-ring (bicyclic) bond motifs is 9. The average Bonchev–Trinajstić information content (AvgIpc) is 3.63. The molecule has 11 rings (SSSR count). The molecule has 0 bridgehead atoms. The summed E-state index contributed by atoms with van der Waals surface area (Å²) in [6.07, 6.45) is 0. The van der Waals surface area contributed by atoms with Crippen LogP contribution in [0.25, 0.3) is 110 Å². The summed E-state index contributed by atoms with van der Waals surface area (Å²) in [6.45, 7) is 0. The number of para-hydroxylation sites is 1. The van der Waals surface area contributed by atoms with Crippen molar-refractivity contribution in [2.24, 2.45) is 0 Å². The molecule has 2 aromatic heterocycles. The fraction of sp³-hybridized carbons (Fsp3) is 0. The van der Waals surface area contributed by atoms with Gasteiger partial charge in [-0.15, -0.1) is 0 Å². The van der Waals surface area contributed by atoms with Crippen molar-refractivity contribution < 1.29 is 4.42 Å². The van der Waals surface area contributed by atoms with Gasteiger partial charge in [-0.2, -0.15) is 0 Å². The number of benzene rings is 8. The van der Waals surface area contributed by atoms with Gasteiger partial charge in [0.15, 0.2) is 17.5 Å². The second-order valence-electron chi connectivity index (χ2n) is 13.4. The zero-order valence-electron chi connectivity index (χ0n) is 28.3. The van der Waals surface area contributed by atoms with Crippen molar-refractivity contribution in [1.29, 1.82) is 0 Å². The third-order valence-electron chi connectivity index (χ3n) is 10.4. The van der Waals surface area contributed by atoms with Gasteiger partial charge in [-0.3, -0.25) is 0 Å². The van der Waals surface area contributed by atoms with Crippen LogP contribution in [0.1, 0.15) is 0 Å². The highest BCUT2D eigenvalue weighted by Gasteiger charge is 2.21. The molecule has 0 fully saturated rings. The summed E-state index contributed by atoms with van der Waals surface area (Å²) in [5.41, 5.74) is 6.50. The van der Waals surface area contributed by atoms with E-state index in [0.29, 0.717) is 17.5 Å². The second kappa shape index (κ2) is 11.6. The van der Waals surface area contributed by atoms with Crippen LogP contribution in [0.4, 0.5) is 0 Å². The minimum atomic E-state index is 0.580. The number of rotatable bonds is 4. The smallest absolute Gasteiger partial charge is 0.164 e. The van der Waals surface area contributed by atoms with Gasteiger partial charge in [0.2, 0.25) is 0 Å². The molecule has 2 heterocycles. The maximum absolute atomic E-state index is 6.82. The lowest BCUT2D eigenvalue weighted by atomic mass is 9.92. The molecule has 244 valence electrons. The first kappa shape index (κ1) is 29.4. The SMILES string of the molecule is c1ccc2c(-c3nc(-c4ccccc4)nc(-c4cccc5oc6c(-c7cc8ccccc8c8ccccc78)cccc6c45)n3)cc3ccccc3c2c#1. The zero-order chi connectivity index (χ0) is 34.9. The number of hydrogen-bond donors (Lipinski definition) is 0. The van der Waals surface area contributed by atoms with Gasteiger partial charge in [0, 0.05) is 43.8 Å². The number of nitrogens with zero attached hydrogens (tertiary/aromatic N) is 3. The lowest BCUT2D eigenvalue weighted by Crippen LogP contribution is -2.01. The van der Waals surface area contributed by atoms with E-state index >= 15 is 0 Å². The van der Waals surface area contributed by atoms with Gasteiger partial charge in [-0.05, 0) is 68.2 Å². The van der Waals surface area contributed by atoms with Crippen LogP contribution in [0, 0.1) is 12.1 Å². The first-order valence-corrected chi connectivity index (χ1v) is 17.7. The Labute approximate surface area is 304 Å². The van der Waals surface area contributed by atoms with Crippen LogP contribution in [0.15, 0.2) is 168 Å². The Balaban J connectivity index is 1.18. The Morgan fingerprint density at radius 1 is 0.415 bits per heavy atom. The molecule has 0 aliphatic carbocycles. The van der Waals surface area contributed by atoms with Crippen molar-refractivity contribution in [1.82, 2.24) is 15.0 Å². The van der Waals surface area contributed by atoms with E-state index in [1.807, 2.05) is 48.5 Å². The molecule has 4 heteroatoms. The third kappa shape index (κ3) is 4.62. The number of aromatic nitrogens is 3. The van der Waals surface area contributed by atoms with E-state index in [1.165, 1.54) is 21.5 Å². The molecule has 0 aliphatic heterocycles. The van der Waals surface area contributed by atoms with Gasteiger partial charge >= 0.3 is 0 Å². The molecule has 0 amide bonds.